The van der Waals surface area contributed by atoms with Crippen LogP contribution >= 0.6 is 11.3 Å². The number of nitrogens with zero attached hydrogens (tertiary/aromatic N) is 4. The third-order valence-corrected chi connectivity index (χ3v) is 4.64. The molecule has 8 heteroatoms. The molecule has 0 aliphatic heterocycles. The van der Waals surface area contributed by atoms with Crippen LogP contribution in [0.3, 0.4) is 0 Å². The smallest absolute Gasteiger partial charge is 0.353 e. The van der Waals surface area contributed by atoms with Gasteiger partial charge >= 0.3 is 5.69 Å². The zero-order valence-corrected chi connectivity index (χ0v) is 16.6. The minimum Gasteiger partial charge on any atom is -0.364 e. The Morgan fingerprint density at radius 2 is 1.92 bits per heavy atom. The summed E-state index contributed by atoms with van der Waals surface area (Å²) in [6, 6.07) is 4.06. The van der Waals surface area contributed by atoms with E-state index in [1.54, 1.807) is 11.3 Å². The molecule has 142 valence electrons. The normalized spacial score (nSPS) is 11.2. The first-order chi connectivity index (χ1) is 12.4. The number of nitrogens with one attached hydrogen (secondary N) is 1. The molecule has 0 saturated carbocycles. The van der Waals surface area contributed by atoms with Gasteiger partial charge in [0.1, 0.15) is 6.33 Å². The maximum Gasteiger partial charge on any atom is 0.353 e. The standard InChI is InChI=1S/C18H27N5O2S/c1-13(2)10-22(11-14(3)4)18-16(23(24)25)17(20-12-21-18)19-8-7-15-6-5-9-26-15/h5-6,9,12-14H,7-8,10-11H2,1-4H3,(H,19,20,21). The molecule has 2 aromatic heterocycles. The van der Waals surface area contributed by atoms with Gasteiger partial charge in [0.2, 0.25) is 11.6 Å². The molecule has 7 nitrogen and oxygen atoms in total. The predicted molar refractivity (Wildman–Crippen MR) is 107 cm³/mol. The Balaban J connectivity index is 2.25. The van der Waals surface area contributed by atoms with Gasteiger partial charge in [-0.25, -0.2) is 9.97 Å². The van der Waals surface area contributed by atoms with E-state index in [2.05, 4.69) is 49.0 Å². The van der Waals surface area contributed by atoms with Crippen molar-refractivity contribution in [3.63, 3.8) is 0 Å². The van der Waals surface area contributed by atoms with Gasteiger partial charge in [-0.2, -0.15) is 0 Å². The molecule has 0 fully saturated rings. The highest BCUT2D eigenvalue weighted by Gasteiger charge is 2.27. The molecule has 0 spiro atoms. The summed E-state index contributed by atoms with van der Waals surface area (Å²) in [5, 5.41) is 16.9. The molecule has 0 atom stereocenters. The van der Waals surface area contributed by atoms with E-state index in [9.17, 15) is 10.1 Å². The van der Waals surface area contributed by atoms with Crippen LogP contribution in [0.4, 0.5) is 17.3 Å². The van der Waals surface area contributed by atoms with Gasteiger partial charge in [-0.15, -0.1) is 11.3 Å². The van der Waals surface area contributed by atoms with Gasteiger partial charge in [-0.1, -0.05) is 33.8 Å². The van der Waals surface area contributed by atoms with Crippen molar-refractivity contribution in [1.82, 2.24) is 9.97 Å². The average Bonchev–Trinajstić information content (AvgIpc) is 3.06. The van der Waals surface area contributed by atoms with Crippen LogP contribution in [0, 0.1) is 22.0 Å². The van der Waals surface area contributed by atoms with Gasteiger partial charge in [0.15, 0.2) is 0 Å². The number of thiophene rings is 1. The van der Waals surface area contributed by atoms with Crippen molar-refractivity contribution < 1.29 is 4.92 Å². The number of hydrogen-bond acceptors (Lipinski definition) is 7. The summed E-state index contributed by atoms with van der Waals surface area (Å²) >= 11 is 1.68. The van der Waals surface area contributed by atoms with Crippen molar-refractivity contribution in [1.29, 1.82) is 0 Å². The van der Waals surface area contributed by atoms with Crippen LogP contribution in [0.15, 0.2) is 23.8 Å². The molecule has 2 heterocycles. The van der Waals surface area contributed by atoms with E-state index in [1.807, 2.05) is 16.3 Å². The Bertz CT molecular complexity index is 694. The molecular weight excluding hydrogens is 350 g/mol. The summed E-state index contributed by atoms with van der Waals surface area (Å²) in [6.45, 7) is 10.4. The largest absolute Gasteiger partial charge is 0.364 e. The molecule has 0 aromatic carbocycles. The minimum atomic E-state index is -0.379. The summed E-state index contributed by atoms with van der Waals surface area (Å²) in [5.41, 5.74) is -0.0417. The predicted octanol–water partition coefficient (Wildman–Crippen LogP) is 4.22. The molecule has 2 aromatic rings. The lowest BCUT2D eigenvalue weighted by Crippen LogP contribution is -2.33. The van der Waals surface area contributed by atoms with E-state index in [-0.39, 0.29) is 16.4 Å². The topological polar surface area (TPSA) is 84.2 Å². The van der Waals surface area contributed by atoms with Crippen LogP contribution in [0.1, 0.15) is 32.6 Å². The maximum atomic E-state index is 11.8. The first-order valence-corrected chi connectivity index (χ1v) is 9.77. The second kappa shape index (κ2) is 9.47. The van der Waals surface area contributed by atoms with Gasteiger partial charge in [0, 0.05) is 24.5 Å². The fourth-order valence-electron chi connectivity index (χ4n) is 2.79. The monoisotopic (exact) mass is 377 g/mol. The fraction of sp³-hybridized carbons (Fsp3) is 0.556. The first-order valence-electron chi connectivity index (χ1n) is 8.89. The molecule has 0 bridgehead atoms. The second-order valence-corrected chi connectivity index (χ2v) is 8.13. The number of nitro groups is 1. The van der Waals surface area contributed by atoms with Crippen molar-refractivity contribution >= 4 is 28.7 Å². The lowest BCUT2D eigenvalue weighted by atomic mass is 10.1. The third kappa shape index (κ3) is 5.66. The molecule has 26 heavy (non-hydrogen) atoms. The lowest BCUT2D eigenvalue weighted by Gasteiger charge is -2.27. The summed E-state index contributed by atoms with van der Waals surface area (Å²) in [4.78, 5) is 23.0. The molecule has 0 amide bonds. The Kier molecular flexibility index (Phi) is 7.32. The number of hydrogen-bond donors (Lipinski definition) is 1. The molecule has 0 saturated heterocycles. The molecule has 0 radical (unpaired) electrons. The maximum absolute atomic E-state index is 11.8. The summed E-state index contributed by atoms with van der Waals surface area (Å²) in [5.74, 6) is 1.43. The van der Waals surface area contributed by atoms with Gasteiger partial charge in [0.05, 0.1) is 4.92 Å². The molecule has 0 aliphatic rings. The van der Waals surface area contributed by atoms with Crippen molar-refractivity contribution in [2.75, 3.05) is 29.9 Å². The third-order valence-electron chi connectivity index (χ3n) is 3.70. The fourth-order valence-corrected chi connectivity index (χ4v) is 3.50. The Labute approximate surface area is 158 Å². The van der Waals surface area contributed by atoms with E-state index in [4.69, 9.17) is 0 Å². The molecule has 1 N–H and O–H groups in total. The van der Waals surface area contributed by atoms with Gasteiger partial charge in [0.25, 0.3) is 0 Å². The Hall–Kier alpha value is -2.22. The highest BCUT2D eigenvalue weighted by Crippen LogP contribution is 2.32. The summed E-state index contributed by atoms with van der Waals surface area (Å²) in [6.07, 6.45) is 2.21. The summed E-state index contributed by atoms with van der Waals surface area (Å²) < 4.78 is 0. The van der Waals surface area contributed by atoms with Crippen LogP contribution < -0.4 is 10.2 Å². The minimum absolute atomic E-state index is 0.0417. The van der Waals surface area contributed by atoms with Crippen LogP contribution in [-0.2, 0) is 6.42 Å². The Morgan fingerprint density at radius 3 is 2.46 bits per heavy atom. The highest BCUT2D eigenvalue weighted by molar-refractivity contribution is 7.09. The highest BCUT2D eigenvalue weighted by atomic mass is 32.1. The van der Waals surface area contributed by atoms with Gasteiger partial charge in [-0.3, -0.25) is 10.1 Å². The molecule has 2 rings (SSSR count). The van der Waals surface area contributed by atoms with Crippen molar-refractivity contribution in [2.24, 2.45) is 11.8 Å². The van der Waals surface area contributed by atoms with Crippen LogP contribution in [0.2, 0.25) is 0 Å². The number of anilines is 2. The van der Waals surface area contributed by atoms with Gasteiger partial charge < -0.3 is 10.2 Å². The van der Waals surface area contributed by atoms with Crippen molar-refractivity contribution in [3.8, 4) is 0 Å². The zero-order chi connectivity index (χ0) is 19.1. The van der Waals surface area contributed by atoms with E-state index in [0.29, 0.717) is 37.3 Å². The van der Waals surface area contributed by atoms with Crippen LogP contribution in [-0.4, -0.2) is 34.5 Å². The number of rotatable bonds is 10. The molecule has 0 unspecified atom stereocenters. The zero-order valence-electron chi connectivity index (χ0n) is 15.8. The average molecular weight is 378 g/mol. The van der Waals surface area contributed by atoms with Gasteiger partial charge in [-0.05, 0) is 29.7 Å². The summed E-state index contributed by atoms with van der Waals surface area (Å²) in [7, 11) is 0. The molecular formula is C18H27N5O2S. The van der Waals surface area contributed by atoms with E-state index < -0.39 is 0 Å². The van der Waals surface area contributed by atoms with E-state index in [0.717, 1.165) is 6.42 Å². The van der Waals surface area contributed by atoms with Crippen molar-refractivity contribution in [3.05, 3.63) is 38.8 Å². The van der Waals surface area contributed by atoms with E-state index >= 15 is 0 Å². The second-order valence-electron chi connectivity index (χ2n) is 7.10. The van der Waals surface area contributed by atoms with Crippen LogP contribution in [0.25, 0.3) is 0 Å². The Morgan fingerprint density at radius 1 is 1.23 bits per heavy atom. The van der Waals surface area contributed by atoms with Crippen molar-refractivity contribution in [2.45, 2.75) is 34.1 Å². The van der Waals surface area contributed by atoms with Crippen LogP contribution in [0.5, 0.6) is 0 Å². The quantitative estimate of drug-likeness (QED) is 0.493. The van der Waals surface area contributed by atoms with E-state index in [1.165, 1.54) is 11.2 Å². The SMILES string of the molecule is CC(C)CN(CC(C)C)c1ncnc(NCCc2cccs2)c1[N+](=O)[O-]. The first kappa shape index (κ1) is 20.1. The lowest BCUT2D eigenvalue weighted by molar-refractivity contribution is -0.383. The molecule has 0 aliphatic carbocycles. The number of aromatic nitrogens is 2.